The normalized spacial score (nSPS) is 9.62. The number of aromatic nitrogens is 2. The van der Waals surface area contributed by atoms with Gasteiger partial charge in [-0.1, -0.05) is 6.07 Å². The van der Waals surface area contributed by atoms with Crippen molar-refractivity contribution in [2.75, 3.05) is 0 Å². The Morgan fingerprint density at radius 1 is 1.19 bits per heavy atom. The Morgan fingerprint density at radius 2 is 1.94 bits per heavy atom. The van der Waals surface area contributed by atoms with Gasteiger partial charge in [-0.15, -0.1) is 6.07 Å². The zero-order valence-corrected chi connectivity index (χ0v) is 10.5. The molecule has 2 aromatic heterocycles. The second-order valence-corrected chi connectivity index (χ2v) is 2.98. The summed E-state index contributed by atoms with van der Waals surface area (Å²) in [5.41, 5.74) is 0.767. The van der Waals surface area contributed by atoms with Gasteiger partial charge in [0.2, 0.25) is 0 Å². The molecule has 0 atom stereocenters. The summed E-state index contributed by atoms with van der Waals surface area (Å²) in [6, 6.07) is 6.12. The van der Waals surface area contributed by atoms with E-state index in [9.17, 15) is 8.78 Å². The first-order valence-electron chi connectivity index (χ1n) is 4.28. The fourth-order valence-electron chi connectivity index (χ4n) is 1.31. The van der Waals surface area contributed by atoms with Crippen molar-refractivity contribution in [3.05, 3.63) is 54.8 Å². The molecule has 1 radical (unpaired) electrons. The second kappa shape index (κ2) is 5.14. The first-order chi connectivity index (χ1) is 7.18. The van der Waals surface area contributed by atoms with Crippen molar-refractivity contribution in [2.45, 2.75) is 0 Å². The minimum absolute atomic E-state index is 0. The van der Waals surface area contributed by atoms with E-state index in [-0.39, 0.29) is 31.2 Å². The molecule has 0 saturated heterocycles. The zero-order valence-electron chi connectivity index (χ0n) is 8.08. The molecule has 2 rings (SSSR count). The van der Waals surface area contributed by atoms with Crippen LogP contribution in [0.2, 0.25) is 0 Å². The second-order valence-electron chi connectivity index (χ2n) is 2.98. The number of hydrogen-bond acceptors (Lipinski definition) is 2. The Bertz CT molecular complexity index is 466. The van der Waals surface area contributed by atoms with Gasteiger partial charge in [-0.05, 0) is 17.7 Å². The predicted molar refractivity (Wildman–Crippen MR) is 51.8 cm³/mol. The Labute approximate surface area is 105 Å². The van der Waals surface area contributed by atoms with Crippen molar-refractivity contribution in [1.82, 2.24) is 9.97 Å². The maximum atomic E-state index is 13.4. The molecule has 0 unspecified atom stereocenters. The van der Waals surface area contributed by atoms with Gasteiger partial charge in [0, 0.05) is 32.0 Å². The van der Waals surface area contributed by atoms with Gasteiger partial charge >= 0.3 is 0 Å². The first-order valence-corrected chi connectivity index (χ1v) is 4.28. The minimum Gasteiger partial charge on any atom is -0.269 e. The van der Waals surface area contributed by atoms with E-state index in [2.05, 4.69) is 16.9 Å². The molecular formula is C11H7F2IrN2-. The average Bonchev–Trinajstić information content (AvgIpc) is 2.17. The summed E-state index contributed by atoms with van der Waals surface area (Å²) < 4.78 is 26.1. The molecule has 0 aliphatic heterocycles. The van der Waals surface area contributed by atoms with Crippen LogP contribution >= 0.6 is 0 Å². The van der Waals surface area contributed by atoms with Gasteiger partial charge in [-0.3, -0.25) is 4.98 Å². The molecule has 5 heteroatoms. The van der Waals surface area contributed by atoms with Crippen LogP contribution < -0.4 is 0 Å². The minimum atomic E-state index is -0.890. The van der Waals surface area contributed by atoms with E-state index in [1.165, 1.54) is 6.20 Å². The van der Waals surface area contributed by atoms with Gasteiger partial charge in [-0.2, -0.15) is 21.3 Å². The maximum Gasteiger partial charge on any atom is 0.168 e. The summed E-state index contributed by atoms with van der Waals surface area (Å²) in [5.74, 6) is -1.77. The van der Waals surface area contributed by atoms with Crippen molar-refractivity contribution in [1.29, 1.82) is 0 Å². The number of hydrogen-bond donors (Lipinski definition) is 0. The van der Waals surface area contributed by atoms with Crippen molar-refractivity contribution in [2.24, 2.45) is 0 Å². The number of halogens is 2. The van der Waals surface area contributed by atoms with Crippen molar-refractivity contribution >= 4 is 0 Å². The largest absolute Gasteiger partial charge is 0.269 e. The smallest absolute Gasteiger partial charge is 0.168 e. The molecule has 2 aromatic rings. The SMILES string of the molecule is [CH2-]c1cc(F)nc(F)c1-c1ccccn1.[Ir]. The van der Waals surface area contributed by atoms with E-state index < -0.39 is 11.9 Å². The third kappa shape index (κ3) is 2.43. The molecule has 0 amide bonds. The Hall–Kier alpha value is -1.32. The van der Waals surface area contributed by atoms with Crippen LogP contribution in [0.15, 0.2) is 30.5 Å². The Morgan fingerprint density at radius 3 is 2.50 bits per heavy atom. The van der Waals surface area contributed by atoms with Gasteiger partial charge < -0.3 is 0 Å². The molecule has 0 bridgehead atoms. The molecule has 0 aliphatic rings. The van der Waals surface area contributed by atoms with Crippen LogP contribution in [-0.4, -0.2) is 9.97 Å². The number of rotatable bonds is 1. The monoisotopic (exact) mass is 398 g/mol. The first kappa shape index (κ1) is 12.7. The van der Waals surface area contributed by atoms with Gasteiger partial charge in [0.05, 0.1) is 0 Å². The summed E-state index contributed by atoms with van der Waals surface area (Å²) in [5, 5.41) is 0. The van der Waals surface area contributed by atoms with Gasteiger partial charge in [-0.25, -0.2) is 4.98 Å². The molecule has 2 nitrogen and oxygen atoms in total. The molecule has 0 spiro atoms. The molecule has 85 valence electrons. The predicted octanol–water partition coefficient (Wildman–Crippen LogP) is 2.60. The van der Waals surface area contributed by atoms with Crippen molar-refractivity contribution < 1.29 is 28.9 Å². The van der Waals surface area contributed by atoms with Crippen LogP contribution in [0.4, 0.5) is 8.78 Å². The van der Waals surface area contributed by atoms with Crippen molar-refractivity contribution in [3.8, 4) is 11.3 Å². The van der Waals surface area contributed by atoms with E-state index >= 15 is 0 Å². The molecule has 2 heterocycles. The molecular weight excluding hydrogens is 390 g/mol. The summed E-state index contributed by atoms with van der Waals surface area (Å²) in [6.45, 7) is 3.56. The summed E-state index contributed by atoms with van der Waals surface area (Å²) >= 11 is 0. The van der Waals surface area contributed by atoms with E-state index in [4.69, 9.17) is 0 Å². The third-order valence-corrected chi connectivity index (χ3v) is 1.95. The maximum absolute atomic E-state index is 13.4. The quantitative estimate of drug-likeness (QED) is 0.546. The van der Waals surface area contributed by atoms with Gasteiger partial charge in [0.15, 0.2) is 11.9 Å². The van der Waals surface area contributed by atoms with Gasteiger partial charge in [0.1, 0.15) is 0 Å². The zero-order chi connectivity index (χ0) is 10.8. The average molecular weight is 397 g/mol. The van der Waals surface area contributed by atoms with Crippen LogP contribution in [0, 0.1) is 18.8 Å². The number of nitrogens with zero attached hydrogens (tertiary/aromatic N) is 2. The topological polar surface area (TPSA) is 25.8 Å². The molecule has 0 aliphatic carbocycles. The van der Waals surface area contributed by atoms with Crippen LogP contribution in [0.25, 0.3) is 11.3 Å². The Balaban J connectivity index is 0.00000128. The summed E-state index contributed by atoms with van der Waals surface area (Å²) in [4.78, 5) is 7.06. The van der Waals surface area contributed by atoms with Crippen LogP contribution in [-0.2, 0) is 20.1 Å². The fourth-order valence-corrected chi connectivity index (χ4v) is 1.31. The Kier molecular flexibility index (Phi) is 4.10. The molecule has 0 N–H and O–H groups in total. The molecule has 0 fully saturated rings. The molecule has 0 saturated carbocycles. The summed E-state index contributed by atoms with van der Waals surface area (Å²) in [7, 11) is 0. The van der Waals surface area contributed by atoms with E-state index in [0.29, 0.717) is 5.69 Å². The number of pyridine rings is 2. The standard InChI is InChI=1S/C11H7F2N2.Ir/c1-7-6-9(12)15-11(13)10(7)8-4-2-3-5-14-8;/h2-6H,1H2;/q-1;. The van der Waals surface area contributed by atoms with Gasteiger partial charge in [0.25, 0.3) is 0 Å². The van der Waals surface area contributed by atoms with E-state index in [0.717, 1.165) is 6.07 Å². The van der Waals surface area contributed by atoms with E-state index in [1.54, 1.807) is 18.2 Å². The van der Waals surface area contributed by atoms with E-state index in [1.807, 2.05) is 0 Å². The summed E-state index contributed by atoms with van der Waals surface area (Å²) in [6.07, 6.45) is 1.53. The van der Waals surface area contributed by atoms with Crippen molar-refractivity contribution in [3.63, 3.8) is 0 Å². The van der Waals surface area contributed by atoms with Crippen LogP contribution in [0.3, 0.4) is 0 Å². The van der Waals surface area contributed by atoms with Crippen LogP contribution in [0.1, 0.15) is 5.56 Å². The van der Waals surface area contributed by atoms with Crippen LogP contribution in [0.5, 0.6) is 0 Å². The fraction of sp³-hybridized carbons (Fsp3) is 0. The third-order valence-electron chi connectivity index (χ3n) is 1.95. The molecule has 16 heavy (non-hydrogen) atoms. The molecule has 0 aromatic carbocycles.